The molecule has 3 N–H and O–H groups in total. The van der Waals surface area contributed by atoms with Crippen LogP contribution in [0.2, 0.25) is 0 Å². The van der Waals surface area contributed by atoms with Crippen molar-refractivity contribution >= 4 is 5.69 Å². The zero-order chi connectivity index (χ0) is 15.6. The number of rotatable bonds is 2. The monoisotopic (exact) mass is 312 g/mol. The average Bonchev–Trinajstić information content (AvgIpc) is 3.12. The van der Waals surface area contributed by atoms with Gasteiger partial charge in [0.05, 0.1) is 6.61 Å². The van der Waals surface area contributed by atoms with E-state index in [9.17, 15) is 10.2 Å². The van der Waals surface area contributed by atoms with Gasteiger partial charge >= 0.3 is 0 Å². The van der Waals surface area contributed by atoms with Crippen LogP contribution in [0.4, 0.5) is 5.69 Å². The van der Waals surface area contributed by atoms with Crippen molar-refractivity contribution in [3.05, 3.63) is 41.5 Å². The molecule has 4 nitrogen and oxygen atoms in total. The Morgan fingerprint density at radius 3 is 3.00 bits per heavy atom. The highest BCUT2D eigenvalue weighted by Gasteiger charge is 2.64. The summed E-state index contributed by atoms with van der Waals surface area (Å²) < 4.78 is 0. The van der Waals surface area contributed by atoms with E-state index in [0.29, 0.717) is 18.0 Å². The van der Waals surface area contributed by atoms with Gasteiger partial charge in [-0.3, -0.25) is 4.90 Å². The third kappa shape index (κ3) is 1.61. The minimum Gasteiger partial charge on any atom is -0.396 e. The smallest absolute Gasteiger partial charge is 0.0615 e. The number of para-hydroxylation sites is 1. The molecule has 1 aromatic carbocycles. The van der Waals surface area contributed by atoms with Gasteiger partial charge in [0.1, 0.15) is 0 Å². The molecule has 122 valence electrons. The number of piperidine rings is 1. The Morgan fingerprint density at radius 1 is 1.30 bits per heavy atom. The van der Waals surface area contributed by atoms with E-state index < -0.39 is 0 Å². The fraction of sp³-hybridized carbons (Fsp3) is 0.579. The average molecular weight is 312 g/mol. The predicted molar refractivity (Wildman–Crippen MR) is 89.4 cm³/mol. The van der Waals surface area contributed by atoms with Crippen LogP contribution in [0.5, 0.6) is 0 Å². The second-order valence-corrected chi connectivity index (χ2v) is 7.59. The summed E-state index contributed by atoms with van der Waals surface area (Å²) in [5.74, 6) is 0.628. The Labute approximate surface area is 136 Å². The van der Waals surface area contributed by atoms with Gasteiger partial charge < -0.3 is 15.5 Å². The van der Waals surface area contributed by atoms with Gasteiger partial charge in [-0.05, 0) is 36.9 Å². The number of aliphatic hydroxyl groups excluding tert-OH is 2. The SMILES string of the molecule is OC/C=C1\CN2CCC34c5ccccc5N[C@H]3[C@H](CO)[C@H]1C[C@H]24. The van der Waals surface area contributed by atoms with Crippen LogP contribution in [0.1, 0.15) is 18.4 Å². The van der Waals surface area contributed by atoms with Crippen molar-refractivity contribution in [1.82, 2.24) is 4.90 Å². The van der Waals surface area contributed by atoms with Crippen LogP contribution in [0, 0.1) is 11.8 Å². The number of anilines is 1. The summed E-state index contributed by atoms with van der Waals surface area (Å²) in [6, 6.07) is 9.60. The first-order chi connectivity index (χ1) is 11.3. The number of benzene rings is 1. The summed E-state index contributed by atoms with van der Waals surface area (Å²) in [6.45, 7) is 2.40. The number of nitrogens with one attached hydrogen (secondary N) is 1. The van der Waals surface area contributed by atoms with Crippen LogP contribution < -0.4 is 5.32 Å². The number of aliphatic hydroxyl groups is 2. The molecule has 5 rings (SSSR count). The van der Waals surface area contributed by atoms with E-state index in [1.807, 2.05) is 6.08 Å². The number of hydrogen-bond donors (Lipinski definition) is 3. The Balaban J connectivity index is 1.67. The maximum absolute atomic E-state index is 10.2. The standard InChI is InChI=1S/C19H24N2O2/c22-8-5-12-10-21-7-6-19-15-3-1-2-4-16(15)20-18(19)14(11-23)13(12)9-17(19)21/h1-5,13-14,17-18,20,22-23H,6-11H2/b12-5+/t13-,14+,17-,18-,19?/m0/s1. The zero-order valence-corrected chi connectivity index (χ0v) is 13.3. The minimum atomic E-state index is 0.103. The summed E-state index contributed by atoms with van der Waals surface area (Å²) in [7, 11) is 0. The van der Waals surface area contributed by atoms with Gasteiger partial charge in [0, 0.05) is 42.3 Å². The van der Waals surface area contributed by atoms with Crippen LogP contribution in [0.15, 0.2) is 35.9 Å². The molecule has 3 heterocycles. The van der Waals surface area contributed by atoms with Crippen LogP contribution >= 0.6 is 0 Å². The maximum Gasteiger partial charge on any atom is 0.0615 e. The van der Waals surface area contributed by atoms with E-state index in [4.69, 9.17) is 0 Å². The van der Waals surface area contributed by atoms with Crippen molar-refractivity contribution in [1.29, 1.82) is 0 Å². The molecule has 3 aliphatic heterocycles. The predicted octanol–water partition coefficient (Wildman–Crippen LogP) is 1.35. The Hall–Kier alpha value is -1.36. The van der Waals surface area contributed by atoms with Crippen molar-refractivity contribution in [2.75, 3.05) is 31.6 Å². The lowest BCUT2D eigenvalue weighted by Crippen LogP contribution is -2.62. The van der Waals surface area contributed by atoms with Gasteiger partial charge in [-0.15, -0.1) is 0 Å². The quantitative estimate of drug-likeness (QED) is 0.722. The zero-order valence-electron chi connectivity index (χ0n) is 13.3. The van der Waals surface area contributed by atoms with Crippen molar-refractivity contribution in [2.45, 2.75) is 30.3 Å². The molecule has 0 aromatic heterocycles. The Kier molecular flexibility index (Phi) is 2.94. The maximum atomic E-state index is 10.2. The fourth-order valence-electron chi connectivity index (χ4n) is 6.16. The van der Waals surface area contributed by atoms with E-state index in [-0.39, 0.29) is 24.5 Å². The normalized spacial score (nSPS) is 42.4. The molecule has 1 unspecified atom stereocenters. The second-order valence-electron chi connectivity index (χ2n) is 7.59. The molecule has 0 radical (unpaired) electrons. The molecule has 23 heavy (non-hydrogen) atoms. The van der Waals surface area contributed by atoms with Crippen molar-refractivity contribution in [2.24, 2.45) is 11.8 Å². The lowest BCUT2D eigenvalue weighted by atomic mass is 9.56. The van der Waals surface area contributed by atoms with E-state index in [1.54, 1.807) is 0 Å². The molecule has 2 saturated heterocycles. The van der Waals surface area contributed by atoms with Crippen LogP contribution in [-0.2, 0) is 5.41 Å². The number of nitrogens with zero attached hydrogens (tertiary/aromatic N) is 1. The summed E-state index contributed by atoms with van der Waals surface area (Å²) in [5.41, 5.74) is 4.21. The van der Waals surface area contributed by atoms with Gasteiger partial charge in [-0.1, -0.05) is 29.8 Å². The summed E-state index contributed by atoms with van der Waals surface area (Å²) >= 11 is 0. The lowest BCUT2D eigenvalue weighted by molar-refractivity contribution is 0.0294. The molecular weight excluding hydrogens is 288 g/mol. The summed E-state index contributed by atoms with van der Waals surface area (Å²) in [6.07, 6.45) is 4.27. The summed E-state index contributed by atoms with van der Waals surface area (Å²) in [5, 5.41) is 23.4. The topological polar surface area (TPSA) is 55.7 Å². The largest absolute Gasteiger partial charge is 0.396 e. The molecule has 5 atom stereocenters. The first-order valence-electron chi connectivity index (χ1n) is 8.80. The van der Waals surface area contributed by atoms with Gasteiger partial charge in [0.25, 0.3) is 0 Å². The molecule has 4 aliphatic rings. The minimum absolute atomic E-state index is 0.103. The fourth-order valence-corrected chi connectivity index (χ4v) is 6.16. The van der Waals surface area contributed by atoms with Crippen molar-refractivity contribution in [3.63, 3.8) is 0 Å². The second kappa shape index (κ2) is 4.82. The van der Waals surface area contributed by atoms with Gasteiger partial charge in [0.15, 0.2) is 0 Å². The molecular formula is C19H24N2O2. The van der Waals surface area contributed by atoms with Crippen molar-refractivity contribution in [3.8, 4) is 0 Å². The van der Waals surface area contributed by atoms with E-state index in [0.717, 1.165) is 19.5 Å². The highest BCUT2D eigenvalue weighted by molar-refractivity contribution is 5.65. The molecule has 4 heteroatoms. The van der Waals surface area contributed by atoms with Crippen LogP contribution in [-0.4, -0.2) is 53.5 Å². The molecule has 0 amide bonds. The first-order valence-corrected chi connectivity index (χ1v) is 8.80. The lowest BCUT2D eigenvalue weighted by Gasteiger charge is -2.54. The number of hydrogen-bond acceptors (Lipinski definition) is 4. The molecule has 2 bridgehead atoms. The third-order valence-corrected chi connectivity index (χ3v) is 6.99. The highest BCUT2D eigenvalue weighted by atomic mass is 16.3. The Bertz CT molecular complexity index is 673. The van der Waals surface area contributed by atoms with Crippen LogP contribution in [0.25, 0.3) is 0 Å². The molecule has 1 saturated carbocycles. The Morgan fingerprint density at radius 2 is 2.17 bits per heavy atom. The van der Waals surface area contributed by atoms with Gasteiger partial charge in [-0.2, -0.15) is 0 Å². The highest BCUT2D eigenvalue weighted by Crippen LogP contribution is 2.60. The molecule has 3 fully saturated rings. The van der Waals surface area contributed by atoms with E-state index in [2.05, 4.69) is 34.5 Å². The molecule has 1 spiro atoms. The summed E-state index contributed by atoms with van der Waals surface area (Å²) in [4.78, 5) is 2.61. The molecule has 1 aliphatic carbocycles. The first kappa shape index (κ1) is 14.0. The van der Waals surface area contributed by atoms with Gasteiger partial charge in [0.2, 0.25) is 0 Å². The number of fused-ring (bicyclic) bond motifs is 2. The van der Waals surface area contributed by atoms with E-state index >= 15 is 0 Å². The van der Waals surface area contributed by atoms with E-state index in [1.165, 1.54) is 23.2 Å². The van der Waals surface area contributed by atoms with Crippen LogP contribution in [0.3, 0.4) is 0 Å². The van der Waals surface area contributed by atoms with Crippen molar-refractivity contribution < 1.29 is 10.2 Å². The van der Waals surface area contributed by atoms with Gasteiger partial charge in [-0.25, -0.2) is 0 Å². The molecule has 1 aromatic rings. The third-order valence-electron chi connectivity index (χ3n) is 6.99.